The summed E-state index contributed by atoms with van der Waals surface area (Å²) >= 11 is 0. The van der Waals surface area contributed by atoms with Gasteiger partial charge >= 0.3 is 12.3 Å². The van der Waals surface area contributed by atoms with Gasteiger partial charge in [0, 0.05) is 24.8 Å². The van der Waals surface area contributed by atoms with Gasteiger partial charge < -0.3 is 15.4 Å². The van der Waals surface area contributed by atoms with E-state index in [4.69, 9.17) is 15.6 Å². The number of hydrogen-bond donors (Lipinski definition) is 1. The van der Waals surface area contributed by atoms with Gasteiger partial charge in [-0.1, -0.05) is 12.1 Å². The molecule has 2 N–H and O–H groups in total. The molecule has 1 aliphatic heterocycles. The fourth-order valence-electron chi connectivity index (χ4n) is 4.99. The minimum absolute atomic E-state index is 0.0514. The second kappa shape index (κ2) is 11.2. The number of benzene rings is 1. The number of hydrogen-bond acceptors (Lipinski definition) is 6. The van der Waals surface area contributed by atoms with Gasteiger partial charge in [0.2, 0.25) is 0 Å². The van der Waals surface area contributed by atoms with E-state index in [-0.39, 0.29) is 35.6 Å². The van der Waals surface area contributed by atoms with Gasteiger partial charge in [-0.05, 0) is 70.6 Å². The van der Waals surface area contributed by atoms with Crippen LogP contribution in [-0.2, 0) is 17.5 Å². The fraction of sp³-hybridized carbons (Fsp3) is 0.500. The van der Waals surface area contributed by atoms with Crippen LogP contribution in [0.1, 0.15) is 74.8 Å². The van der Waals surface area contributed by atoms with Crippen LogP contribution >= 0.6 is 0 Å². The molecule has 9 nitrogen and oxygen atoms in total. The van der Waals surface area contributed by atoms with Crippen LogP contribution in [0.2, 0.25) is 0 Å². The monoisotopic (exact) mass is 557 g/mol. The first-order chi connectivity index (χ1) is 18.8. The van der Waals surface area contributed by atoms with E-state index in [1.807, 2.05) is 20.8 Å². The minimum Gasteiger partial charge on any atom is -0.444 e. The number of alkyl halides is 3. The predicted molar refractivity (Wildman–Crippen MR) is 143 cm³/mol. The molecule has 2 aromatic heterocycles. The average Bonchev–Trinajstić information content (AvgIpc) is 3.42. The Kier molecular flexibility index (Phi) is 8.14. The van der Waals surface area contributed by atoms with Gasteiger partial charge in [0.25, 0.3) is 0 Å². The summed E-state index contributed by atoms with van der Waals surface area (Å²) in [5.41, 5.74) is 6.94. The molecule has 0 radical (unpaired) electrons. The number of nitrogens with two attached hydrogens (primary N) is 1. The number of likely N-dealkylation sites (tertiary alicyclic amines) is 1. The zero-order valence-electron chi connectivity index (χ0n) is 23.1. The molecule has 1 saturated heterocycles. The van der Waals surface area contributed by atoms with E-state index in [9.17, 15) is 23.2 Å². The third kappa shape index (κ3) is 6.41. The standard InChI is InChI=1S/C28H34F3N7O2/c1-18-19(8-5-11-23(18)28(29,30)31)16-37-17-20(15-34-37)24-22(14-32)25(33)38(35-24)21-9-6-12-36(13-7-10-21)26(39)40-27(2,3)4/h5,8,11,15,17,21H,6-7,9-10,12-13,16,33H2,1-4H3. The van der Waals surface area contributed by atoms with E-state index in [1.54, 1.807) is 21.8 Å². The topological polar surface area (TPSA) is 115 Å². The zero-order valence-corrected chi connectivity index (χ0v) is 23.1. The summed E-state index contributed by atoms with van der Waals surface area (Å²) in [6, 6.07) is 6.18. The normalized spacial score (nSPS) is 15.4. The van der Waals surface area contributed by atoms with Crippen LogP contribution in [0.4, 0.5) is 23.8 Å². The summed E-state index contributed by atoms with van der Waals surface area (Å²) < 4.78 is 48.7. The Morgan fingerprint density at radius 2 is 1.88 bits per heavy atom. The lowest BCUT2D eigenvalue weighted by Crippen LogP contribution is -2.39. The van der Waals surface area contributed by atoms with E-state index in [0.29, 0.717) is 55.6 Å². The third-order valence-electron chi connectivity index (χ3n) is 6.98. The number of carbonyl (C=O) groups excluding carboxylic acids is 1. The van der Waals surface area contributed by atoms with Crippen molar-refractivity contribution in [3.05, 3.63) is 52.8 Å². The number of nitriles is 1. The molecule has 1 amide bonds. The van der Waals surface area contributed by atoms with Crippen molar-refractivity contribution in [2.24, 2.45) is 0 Å². The second-order valence-electron chi connectivity index (χ2n) is 11.1. The Hall–Kier alpha value is -4.01. The highest BCUT2D eigenvalue weighted by Crippen LogP contribution is 2.34. The van der Waals surface area contributed by atoms with Gasteiger partial charge in [-0.15, -0.1) is 0 Å². The molecule has 0 spiro atoms. The number of rotatable bonds is 4. The zero-order chi connectivity index (χ0) is 29.2. The fourth-order valence-corrected chi connectivity index (χ4v) is 4.99. The molecule has 0 atom stereocenters. The molecule has 0 saturated carbocycles. The second-order valence-corrected chi connectivity index (χ2v) is 11.1. The smallest absolute Gasteiger partial charge is 0.416 e. The Bertz CT molecular complexity index is 1400. The summed E-state index contributed by atoms with van der Waals surface area (Å²) in [5.74, 6) is 0.258. The number of anilines is 1. The van der Waals surface area contributed by atoms with Crippen LogP contribution in [-0.4, -0.2) is 49.2 Å². The van der Waals surface area contributed by atoms with Crippen LogP contribution in [0.15, 0.2) is 30.6 Å². The van der Waals surface area contributed by atoms with Crippen molar-refractivity contribution < 1.29 is 22.7 Å². The van der Waals surface area contributed by atoms with Crippen molar-refractivity contribution in [2.45, 2.75) is 77.7 Å². The van der Waals surface area contributed by atoms with Crippen LogP contribution in [0.3, 0.4) is 0 Å². The summed E-state index contributed by atoms with van der Waals surface area (Å²) in [6.45, 7) is 8.19. The lowest BCUT2D eigenvalue weighted by Gasteiger charge is -2.30. The highest BCUT2D eigenvalue weighted by Gasteiger charge is 2.33. The van der Waals surface area contributed by atoms with E-state index in [1.165, 1.54) is 23.9 Å². The molecule has 4 rings (SSSR count). The molecule has 3 aromatic rings. The van der Waals surface area contributed by atoms with E-state index in [2.05, 4.69) is 11.2 Å². The van der Waals surface area contributed by atoms with Gasteiger partial charge in [0.05, 0.1) is 24.3 Å². The molecule has 1 fully saturated rings. The first-order valence-corrected chi connectivity index (χ1v) is 13.2. The maximum Gasteiger partial charge on any atom is 0.416 e. The highest BCUT2D eigenvalue weighted by atomic mass is 19.4. The molecule has 40 heavy (non-hydrogen) atoms. The lowest BCUT2D eigenvalue weighted by molar-refractivity contribution is -0.138. The lowest BCUT2D eigenvalue weighted by atomic mass is 10.0. The Balaban J connectivity index is 1.51. The van der Waals surface area contributed by atoms with Gasteiger partial charge in [-0.25, -0.2) is 9.48 Å². The minimum atomic E-state index is -4.44. The molecule has 0 bridgehead atoms. The van der Waals surface area contributed by atoms with Crippen LogP contribution < -0.4 is 5.73 Å². The largest absolute Gasteiger partial charge is 0.444 e. The SMILES string of the molecule is Cc1c(Cn2cc(-c3nn(C4CCCN(C(=O)OC(C)(C)C)CCC4)c(N)c3C#N)cn2)cccc1C(F)(F)F. The molecular weight excluding hydrogens is 523 g/mol. The Morgan fingerprint density at radius 3 is 2.48 bits per heavy atom. The van der Waals surface area contributed by atoms with Gasteiger partial charge in [0.1, 0.15) is 28.7 Å². The van der Waals surface area contributed by atoms with Crippen molar-refractivity contribution >= 4 is 11.9 Å². The molecule has 3 heterocycles. The predicted octanol–water partition coefficient (Wildman–Crippen LogP) is 5.93. The molecular formula is C28H34F3N7O2. The van der Waals surface area contributed by atoms with Crippen molar-refractivity contribution in [1.29, 1.82) is 5.26 Å². The first-order valence-electron chi connectivity index (χ1n) is 13.2. The number of nitrogens with zero attached hydrogens (tertiary/aromatic N) is 6. The number of amides is 1. The van der Waals surface area contributed by atoms with Crippen molar-refractivity contribution in [3.8, 4) is 17.3 Å². The summed E-state index contributed by atoms with van der Waals surface area (Å²) in [4.78, 5) is 14.2. The number of aromatic nitrogens is 4. The average molecular weight is 558 g/mol. The molecule has 214 valence electrons. The molecule has 1 aromatic carbocycles. The van der Waals surface area contributed by atoms with E-state index in [0.717, 1.165) is 6.07 Å². The first kappa shape index (κ1) is 29.0. The van der Waals surface area contributed by atoms with Crippen molar-refractivity contribution in [3.63, 3.8) is 0 Å². The van der Waals surface area contributed by atoms with Gasteiger partial charge in [0.15, 0.2) is 0 Å². The number of halogens is 3. The quantitative estimate of drug-likeness (QED) is 0.425. The molecule has 0 aliphatic carbocycles. The van der Waals surface area contributed by atoms with E-state index < -0.39 is 17.3 Å². The van der Waals surface area contributed by atoms with E-state index >= 15 is 0 Å². The summed E-state index contributed by atoms with van der Waals surface area (Å²) in [7, 11) is 0. The van der Waals surface area contributed by atoms with Crippen LogP contribution in [0.5, 0.6) is 0 Å². The third-order valence-corrected chi connectivity index (χ3v) is 6.98. The Labute approximate surface area is 231 Å². The number of carbonyl (C=O) groups is 1. The van der Waals surface area contributed by atoms with Crippen molar-refractivity contribution in [1.82, 2.24) is 24.5 Å². The molecule has 12 heteroatoms. The highest BCUT2D eigenvalue weighted by molar-refractivity contribution is 5.72. The van der Waals surface area contributed by atoms with Crippen molar-refractivity contribution in [2.75, 3.05) is 18.8 Å². The number of nitrogen functional groups attached to an aromatic ring is 1. The van der Waals surface area contributed by atoms with Crippen LogP contribution in [0.25, 0.3) is 11.3 Å². The van der Waals surface area contributed by atoms with Crippen LogP contribution in [0, 0.1) is 18.3 Å². The van der Waals surface area contributed by atoms with Gasteiger partial charge in [-0.3, -0.25) is 4.68 Å². The number of ether oxygens (including phenoxy) is 1. The molecule has 1 aliphatic rings. The Morgan fingerprint density at radius 1 is 1.20 bits per heavy atom. The summed E-state index contributed by atoms with van der Waals surface area (Å²) in [6.07, 6.45) is 1.29. The van der Waals surface area contributed by atoms with Gasteiger partial charge in [-0.2, -0.15) is 28.6 Å². The maximum atomic E-state index is 13.3. The molecule has 0 unspecified atom stereocenters. The summed E-state index contributed by atoms with van der Waals surface area (Å²) in [5, 5.41) is 18.9. The maximum absolute atomic E-state index is 13.3.